The molecule has 2 aromatic rings. The van der Waals surface area contributed by atoms with Crippen LogP contribution in [0.4, 0.5) is 0 Å². The molecule has 16 atom stereocenters. The van der Waals surface area contributed by atoms with Gasteiger partial charge in [-0.05, 0) is 185 Å². The summed E-state index contributed by atoms with van der Waals surface area (Å²) in [6, 6.07) is 0. The maximum atomic E-state index is 13.3. The minimum Gasteiger partial charge on any atom is -0.387 e. The number of aromatic amines is 1. The number of alkyl halides is 1. The molecule has 2 heterocycles. The molecule has 8 aliphatic carbocycles. The van der Waals surface area contributed by atoms with Gasteiger partial charge in [0.2, 0.25) is 0 Å². The quantitative estimate of drug-likeness (QED) is 0.211. The zero-order valence-electron chi connectivity index (χ0n) is 40.1. The first-order valence-corrected chi connectivity index (χ1v) is 27.1. The lowest BCUT2D eigenvalue weighted by Gasteiger charge is -2.62. The summed E-state index contributed by atoms with van der Waals surface area (Å²) >= 11 is 14.8. The van der Waals surface area contributed by atoms with Crippen molar-refractivity contribution in [1.29, 1.82) is 0 Å². The molecule has 2 aromatic heterocycles. The fourth-order valence-electron chi connectivity index (χ4n) is 17.5. The number of nitrogens with zero attached hydrogens (tertiary/aromatic N) is 3. The molecule has 0 radical (unpaired) electrons. The molecule has 8 aliphatic rings. The summed E-state index contributed by atoms with van der Waals surface area (Å²) in [5, 5.41) is 34.1. The van der Waals surface area contributed by atoms with Gasteiger partial charge in [-0.3, -0.25) is 19.4 Å². The van der Waals surface area contributed by atoms with Gasteiger partial charge < -0.3 is 19.7 Å². The molecule has 372 valence electrons. The molecule has 8 saturated carbocycles. The zero-order valence-corrected chi connectivity index (χ0v) is 43.2. The maximum Gasteiger partial charge on any atom is 0.157 e. The normalized spacial score (nSPS) is 44.2. The summed E-state index contributed by atoms with van der Waals surface area (Å²) in [6.45, 7) is 11.2. The van der Waals surface area contributed by atoms with Crippen molar-refractivity contribution in [2.75, 3.05) is 32.8 Å². The van der Waals surface area contributed by atoms with Crippen LogP contribution in [-0.4, -0.2) is 85.7 Å². The molecule has 0 spiro atoms. The lowest BCUT2D eigenvalue weighted by molar-refractivity contribution is -0.164. The number of ether oxygens (including phenoxy) is 2. The summed E-state index contributed by atoms with van der Waals surface area (Å²) in [5.74, 6) is 6.76. The van der Waals surface area contributed by atoms with Crippen LogP contribution >= 0.6 is 39.1 Å². The van der Waals surface area contributed by atoms with Crippen LogP contribution in [0.25, 0.3) is 0 Å². The Bertz CT molecular complexity index is 1970. The van der Waals surface area contributed by atoms with E-state index in [4.69, 9.17) is 32.7 Å². The van der Waals surface area contributed by atoms with Gasteiger partial charge in [0, 0.05) is 38.4 Å². The molecule has 0 unspecified atom stereocenters. The standard InChI is InChI=1S/C26H39ClN2O3.C23H37BrO3.C3H3ClN2.CH4/c1-24-10-11-26(31,16-32-3)12-17(24)4-5-19-20-6-7-22(25(20,2)9-8-21(19)24)23(30)15-29-14-18(27)13-28-29;1-21-10-11-23(26,14-27-3)12-15(21)4-5-16-17-6-7-19(20(25)13-24)22(17,2)9-8-18(16)21;4-3-1-5-6-2-3;/h13-14,17,19-22,31H,4-12,15-16H2,1-3H3;15-19,26H,4-14H2,1-3H3;1-2H,(H,5,6);1H4/t17-,19-,20-,21-,22+,24-,25-,26+;15-,16-,17-,18-,19+,21-,22-,23+;;/m00../s1. The number of H-pyrrole nitrogens is 1. The third-order valence-corrected chi connectivity index (χ3v) is 21.7. The zero-order chi connectivity index (χ0) is 46.6. The number of aromatic nitrogens is 4. The molecule has 3 N–H and O–H groups in total. The molecule has 13 heteroatoms. The van der Waals surface area contributed by atoms with E-state index < -0.39 is 11.2 Å². The second-order valence-electron chi connectivity index (χ2n) is 23.7. The fourth-order valence-corrected chi connectivity index (χ4v) is 18.2. The number of rotatable bonds is 9. The van der Waals surface area contributed by atoms with E-state index in [1.807, 2.05) is 0 Å². The Hall–Kier alpha value is -1.34. The van der Waals surface area contributed by atoms with Crippen LogP contribution in [-0.2, 0) is 25.6 Å². The Morgan fingerprint density at radius 2 is 1.17 bits per heavy atom. The number of fused-ring (bicyclic) bond motifs is 10. The second-order valence-corrected chi connectivity index (χ2v) is 25.2. The van der Waals surface area contributed by atoms with E-state index in [1.165, 1.54) is 57.8 Å². The summed E-state index contributed by atoms with van der Waals surface area (Å²) in [5.41, 5.74) is -0.241. The Morgan fingerprint density at radius 1 is 0.682 bits per heavy atom. The molecule has 0 aromatic carbocycles. The molecule has 66 heavy (non-hydrogen) atoms. The largest absolute Gasteiger partial charge is 0.387 e. The highest BCUT2D eigenvalue weighted by Gasteiger charge is 2.64. The second kappa shape index (κ2) is 20.4. The molecule has 0 bridgehead atoms. The Labute approximate surface area is 414 Å². The van der Waals surface area contributed by atoms with E-state index in [0.717, 1.165) is 87.4 Å². The number of carbonyl (C=O) groups is 2. The highest BCUT2D eigenvalue weighted by Crippen LogP contribution is 2.70. The van der Waals surface area contributed by atoms with Gasteiger partial charge in [0.25, 0.3) is 0 Å². The third-order valence-electron chi connectivity index (χ3n) is 20.8. The van der Waals surface area contributed by atoms with Crippen molar-refractivity contribution in [3.63, 3.8) is 0 Å². The van der Waals surface area contributed by atoms with Crippen LogP contribution in [0, 0.1) is 80.8 Å². The minimum absolute atomic E-state index is 0. The first kappa shape index (κ1) is 52.5. The molecular weight excluding hydrogens is 939 g/mol. The molecular formula is C53H83BrCl2N4O6. The minimum atomic E-state index is -0.644. The Morgan fingerprint density at radius 3 is 1.56 bits per heavy atom. The van der Waals surface area contributed by atoms with Crippen molar-refractivity contribution in [2.45, 2.75) is 168 Å². The summed E-state index contributed by atoms with van der Waals surface area (Å²) in [7, 11) is 3.40. The van der Waals surface area contributed by atoms with E-state index >= 15 is 0 Å². The SMILES string of the molecule is C.COC[C@@]1(O)CC[C@@]2(C)[C@@H](CC[C@@H]3[C@@H]2CC[C@]2(C)[C@@H](C(=O)CBr)CC[C@@H]32)C1.COC[C@@]1(O)CC[C@@]2(C)[C@@H](CC[C@@H]3[C@@H]2CC[C@]2(C)[C@@H](C(=O)Cn4cc(Cl)cn4)CC[C@@H]32)C1.Clc1cn[nH]c1. The van der Waals surface area contributed by atoms with Gasteiger partial charge in [-0.1, -0.05) is 74.3 Å². The number of hydrogen-bond acceptors (Lipinski definition) is 8. The number of methoxy groups -OCH3 is 2. The van der Waals surface area contributed by atoms with Crippen molar-refractivity contribution in [2.24, 2.45) is 80.8 Å². The molecule has 10 nitrogen and oxygen atoms in total. The predicted molar refractivity (Wildman–Crippen MR) is 265 cm³/mol. The molecule has 0 saturated heterocycles. The Kier molecular flexibility index (Phi) is 16.2. The van der Waals surface area contributed by atoms with E-state index in [9.17, 15) is 19.8 Å². The van der Waals surface area contributed by atoms with Gasteiger partial charge in [-0.2, -0.15) is 10.2 Å². The lowest BCUT2D eigenvalue weighted by Crippen LogP contribution is -2.56. The van der Waals surface area contributed by atoms with Crippen molar-refractivity contribution in [3.8, 4) is 0 Å². The highest BCUT2D eigenvalue weighted by atomic mass is 79.9. The Balaban J connectivity index is 0.000000174. The molecule has 10 rings (SSSR count). The van der Waals surface area contributed by atoms with Gasteiger partial charge in [0.15, 0.2) is 5.78 Å². The van der Waals surface area contributed by atoms with Crippen LogP contribution in [0.5, 0.6) is 0 Å². The van der Waals surface area contributed by atoms with Gasteiger partial charge in [-0.25, -0.2) is 0 Å². The van der Waals surface area contributed by atoms with Gasteiger partial charge in [-0.15, -0.1) is 0 Å². The van der Waals surface area contributed by atoms with E-state index in [0.29, 0.717) is 75.3 Å². The summed E-state index contributed by atoms with van der Waals surface area (Å²) in [4.78, 5) is 25.9. The molecule has 8 fully saturated rings. The van der Waals surface area contributed by atoms with Gasteiger partial charge in [0.1, 0.15) is 5.78 Å². The van der Waals surface area contributed by atoms with E-state index in [-0.39, 0.29) is 30.1 Å². The number of halogens is 3. The average molecular weight is 1020 g/mol. The van der Waals surface area contributed by atoms with Crippen molar-refractivity contribution in [3.05, 3.63) is 34.8 Å². The number of carbonyl (C=O) groups excluding carboxylic acids is 2. The fraction of sp³-hybridized carbons (Fsp3) is 0.849. The van der Waals surface area contributed by atoms with Gasteiger partial charge >= 0.3 is 0 Å². The highest BCUT2D eigenvalue weighted by molar-refractivity contribution is 9.09. The third kappa shape index (κ3) is 9.71. The monoisotopic (exact) mass is 1020 g/mol. The van der Waals surface area contributed by atoms with Crippen molar-refractivity contribution in [1.82, 2.24) is 20.0 Å². The van der Waals surface area contributed by atoms with Crippen LogP contribution in [0.1, 0.15) is 151 Å². The van der Waals surface area contributed by atoms with Crippen molar-refractivity contribution < 1.29 is 29.3 Å². The smallest absolute Gasteiger partial charge is 0.157 e. The van der Waals surface area contributed by atoms with Crippen molar-refractivity contribution >= 4 is 50.7 Å². The topological polar surface area (TPSA) is 140 Å². The van der Waals surface area contributed by atoms with Crippen LogP contribution in [0.15, 0.2) is 24.8 Å². The maximum absolute atomic E-state index is 13.3. The molecule has 0 aliphatic heterocycles. The van der Waals surface area contributed by atoms with Crippen LogP contribution in [0.2, 0.25) is 10.0 Å². The number of ketones is 2. The van der Waals surface area contributed by atoms with Crippen LogP contribution in [0.3, 0.4) is 0 Å². The first-order valence-electron chi connectivity index (χ1n) is 25.2. The average Bonchev–Trinajstić information content (AvgIpc) is 4.08. The number of nitrogens with one attached hydrogen (secondary N) is 1. The van der Waals surface area contributed by atoms with Gasteiger partial charge in [0.05, 0.1) is 58.7 Å². The van der Waals surface area contributed by atoms with Crippen LogP contribution < -0.4 is 0 Å². The van der Waals surface area contributed by atoms with E-state index in [1.54, 1.807) is 43.7 Å². The predicted octanol–water partition coefficient (Wildman–Crippen LogP) is 11.8. The first-order chi connectivity index (χ1) is 30.8. The molecule has 0 amide bonds. The summed E-state index contributed by atoms with van der Waals surface area (Å²) < 4.78 is 12.4. The number of aliphatic hydroxyl groups is 2. The number of Topliss-reactive ketones (excluding diaryl/α,β-unsaturated/α-hetero) is 2. The summed E-state index contributed by atoms with van der Waals surface area (Å²) in [6.07, 6.45) is 26.7. The van der Waals surface area contributed by atoms with E-state index in [2.05, 4.69) is 58.9 Å². The lowest BCUT2D eigenvalue weighted by atomic mass is 9.44. The number of hydrogen-bond donors (Lipinski definition) is 3.